The van der Waals surface area contributed by atoms with Gasteiger partial charge < -0.3 is 25.2 Å². The first kappa shape index (κ1) is 17.6. The van der Waals surface area contributed by atoms with Gasteiger partial charge in [-0.1, -0.05) is 17.7 Å². The van der Waals surface area contributed by atoms with Crippen molar-refractivity contribution < 1.29 is 19.4 Å². The van der Waals surface area contributed by atoms with E-state index in [-0.39, 0.29) is 12.6 Å². The van der Waals surface area contributed by atoms with Crippen LogP contribution in [-0.4, -0.2) is 31.9 Å². The molecule has 0 aliphatic carbocycles. The van der Waals surface area contributed by atoms with Crippen molar-refractivity contribution in [2.24, 2.45) is 0 Å². The Kier molecular flexibility index (Phi) is 6.03. The first-order chi connectivity index (χ1) is 11.5. The molecule has 0 aromatic heterocycles. The lowest BCUT2D eigenvalue weighted by Gasteiger charge is -2.17. The van der Waals surface area contributed by atoms with Crippen molar-refractivity contribution in [2.45, 2.75) is 13.0 Å². The number of nitrogens with one attached hydrogen (secondary N) is 2. The molecule has 0 aliphatic rings. The van der Waals surface area contributed by atoms with Crippen LogP contribution in [-0.2, 0) is 0 Å². The molecule has 1 atom stereocenters. The summed E-state index contributed by atoms with van der Waals surface area (Å²) < 4.78 is 10.4. The lowest BCUT2D eigenvalue weighted by Crippen LogP contribution is -2.32. The average Bonchev–Trinajstić information content (AvgIpc) is 2.61. The molecule has 0 bridgehead atoms. The molecule has 0 heterocycles. The van der Waals surface area contributed by atoms with Crippen LogP contribution in [0.1, 0.15) is 17.2 Å². The molecule has 3 N–H and O–H groups in total. The second-order valence-corrected chi connectivity index (χ2v) is 5.32. The molecule has 0 radical (unpaired) electrons. The maximum atomic E-state index is 11.9. The van der Waals surface area contributed by atoms with Gasteiger partial charge in [-0.3, -0.25) is 0 Å². The van der Waals surface area contributed by atoms with Crippen LogP contribution in [0.5, 0.6) is 11.5 Å². The zero-order chi connectivity index (χ0) is 17.5. The number of anilines is 1. The Balaban J connectivity index is 1.95. The number of aryl methyl sites for hydroxylation is 1. The van der Waals surface area contributed by atoms with Crippen LogP contribution >= 0.6 is 0 Å². The highest BCUT2D eigenvalue weighted by Gasteiger charge is 2.15. The SMILES string of the molecule is COc1ccc(OC)c(C(O)CNC(=O)Nc2ccc(C)cc2)c1. The van der Waals surface area contributed by atoms with Gasteiger partial charge in [0.25, 0.3) is 0 Å². The maximum Gasteiger partial charge on any atom is 0.319 e. The number of hydrogen-bond donors (Lipinski definition) is 3. The second kappa shape index (κ2) is 8.21. The Morgan fingerprint density at radius 3 is 2.46 bits per heavy atom. The summed E-state index contributed by atoms with van der Waals surface area (Å²) in [6.07, 6.45) is -0.918. The fraction of sp³-hybridized carbons (Fsp3) is 0.278. The summed E-state index contributed by atoms with van der Waals surface area (Å²) in [5, 5.41) is 15.7. The summed E-state index contributed by atoms with van der Waals surface area (Å²) in [5.41, 5.74) is 2.35. The van der Waals surface area contributed by atoms with Gasteiger partial charge in [-0.05, 0) is 37.3 Å². The van der Waals surface area contributed by atoms with E-state index < -0.39 is 6.10 Å². The number of rotatable bonds is 6. The summed E-state index contributed by atoms with van der Waals surface area (Å²) in [6.45, 7) is 2.02. The number of aliphatic hydroxyl groups excluding tert-OH is 1. The van der Waals surface area contributed by atoms with Crippen molar-refractivity contribution in [1.29, 1.82) is 0 Å². The molecule has 2 aromatic carbocycles. The van der Waals surface area contributed by atoms with Gasteiger partial charge in [0.05, 0.1) is 14.2 Å². The van der Waals surface area contributed by atoms with Gasteiger partial charge in [0.2, 0.25) is 0 Å². The second-order valence-electron chi connectivity index (χ2n) is 5.32. The van der Waals surface area contributed by atoms with Crippen molar-refractivity contribution in [1.82, 2.24) is 5.32 Å². The summed E-state index contributed by atoms with van der Waals surface area (Å²) in [6, 6.07) is 12.2. The van der Waals surface area contributed by atoms with Gasteiger partial charge in [0, 0.05) is 17.8 Å². The summed E-state index contributed by atoms with van der Waals surface area (Å²) >= 11 is 0. The van der Waals surface area contributed by atoms with E-state index in [1.165, 1.54) is 7.11 Å². The smallest absolute Gasteiger partial charge is 0.319 e. The third-order valence-corrected chi connectivity index (χ3v) is 3.56. The van der Waals surface area contributed by atoms with Gasteiger partial charge >= 0.3 is 6.03 Å². The lowest BCUT2D eigenvalue weighted by atomic mass is 10.1. The molecule has 6 heteroatoms. The summed E-state index contributed by atoms with van der Waals surface area (Å²) in [4.78, 5) is 11.9. The van der Waals surface area contributed by atoms with Crippen LogP contribution < -0.4 is 20.1 Å². The highest BCUT2D eigenvalue weighted by atomic mass is 16.5. The molecule has 24 heavy (non-hydrogen) atoms. The number of carbonyl (C=O) groups excluding carboxylic acids is 1. The number of carbonyl (C=O) groups is 1. The molecule has 0 fully saturated rings. The van der Waals surface area contributed by atoms with E-state index in [0.29, 0.717) is 22.7 Å². The largest absolute Gasteiger partial charge is 0.497 e. The van der Waals surface area contributed by atoms with E-state index in [0.717, 1.165) is 5.56 Å². The first-order valence-corrected chi connectivity index (χ1v) is 7.55. The van der Waals surface area contributed by atoms with Gasteiger partial charge in [0.15, 0.2) is 0 Å². The third-order valence-electron chi connectivity index (χ3n) is 3.56. The Morgan fingerprint density at radius 1 is 1.12 bits per heavy atom. The molecule has 2 rings (SSSR count). The normalized spacial score (nSPS) is 11.5. The standard InChI is InChI=1S/C18H22N2O4/c1-12-4-6-13(7-5-12)20-18(22)19-11-16(21)15-10-14(23-2)8-9-17(15)24-3/h4-10,16,21H,11H2,1-3H3,(H2,19,20,22). The fourth-order valence-corrected chi connectivity index (χ4v) is 2.21. The van der Waals surface area contributed by atoms with Crippen LogP contribution in [0.4, 0.5) is 10.5 Å². The summed E-state index contributed by atoms with van der Waals surface area (Å²) in [5.74, 6) is 1.14. The quantitative estimate of drug-likeness (QED) is 0.761. The van der Waals surface area contributed by atoms with E-state index in [4.69, 9.17) is 9.47 Å². The molecule has 0 saturated heterocycles. The molecule has 0 aliphatic heterocycles. The van der Waals surface area contributed by atoms with Crippen molar-refractivity contribution in [3.63, 3.8) is 0 Å². The minimum atomic E-state index is -0.918. The van der Waals surface area contributed by atoms with Gasteiger partial charge in [-0.15, -0.1) is 0 Å². The first-order valence-electron chi connectivity index (χ1n) is 7.55. The van der Waals surface area contributed by atoms with E-state index in [1.54, 1.807) is 25.3 Å². The zero-order valence-electron chi connectivity index (χ0n) is 14.0. The van der Waals surface area contributed by atoms with E-state index in [9.17, 15) is 9.90 Å². The van der Waals surface area contributed by atoms with Crippen LogP contribution in [0.3, 0.4) is 0 Å². The third kappa shape index (κ3) is 4.63. The number of benzene rings is 2. The molecule has 0 spiro atoms. The predicted molar refractivity (Wildman–Crippen MR) is 92.7 cm³/mol. The minimum Gasteiger partial charge on any atom is -0.497 e. The van der Waals surface area contributed by atoms with Crippen LogP contribution in [0.2, 0.25) is 0 Å². The van der Waals surface area contributed by atoms with Crippen LogP contribution in [0.15, 0.2) is 42.5 Å². The number of urea groups is 1. The van der Waals surface area contributed by atoms with Crippen molar-refractivity contribution in [2.75, 3.05) is 26.1 Å². The van der Waals surface area contributed by atoms with Gasteiger partial charge in [0.1, 0.15) is 17.6 Å². The molecule has 2 aromatic rings. The fourth-order valence-electron chi connectivity index (χ4n) is 2.21. The molecular weight excluding hydrogens is 308 g/mol. The number of ether oxygens (including phenoxy) is 2. The molecule has 0 saturated carbocycles. The molecule has 2 amide bonds. The van der Waals surface area contributed by atoms with Crippen molar-refractivity contribution in [3.8, 4) is 11.5 Å². The minimum absolute atomic E-state index is 0.0429. The maximum absolute atomic E-state index is 11.9. The highest BCUT2D eigenvalue weighted by molar-refractivity contribution is 5.89. The number of amides is 2. The van der Waals surface area contributed by atoms with Crippen molar-refractivity contribution >= 4 is 11.7 Å². The molecule has 1 unspecified atom stereocenters. The van der Waals surface area contributed by atoms with Gasteiger partial charge in [-0.2, -0.15) is 0 Å². The van der Waals surface area contributed by atoms with E-state index in [1.807, 2.05) is 31.2 Å². The molecule has 6 nitrogen and oxygen atoms in total. The van der Waals surface area contributed by atoms with Crippen LogP contribution in [0.25, 0.3) is 0 Å². The van der Waals surface area contributed by atoms with Crippen LogP contribution in [0, 0.1) is 6.92 Å². The number of hydrogen-bond acceptors (Lipinski definition) is 4. The van der Waals surface area contributed by atoms with Gasteiger partial charge in [-0.25, -0.2) is 4.79 Å². The number of methoxy groups -OCH3 is 2. The molecule has 128 valence electrons. The Morgan fingerprint density at radius 2 is 1.83 bits per heavy atom. The average molecular weight is 330 g/mol. The summed E-state index contributed by atoms with van der Waals surface area (Å²) in [7, 11) is 3.07. The monoisotopic (exact) mass is 330 g/mol. The Labute approximate surface area is 141 Å². The zero-order valence-corrected chi connectivity index (χ0v) is 14.0. The topological polar surface area (TPSA) is 79.8 Å². The predicted octanol–water partition coefficient (Wildman–Crippen LogP) is 2.87. The van der Waals surface area contributed by atoms with E-state index in [2.05, 4.69) is 10.6 Å². The Hall–Kier alpha value is -2.73. The van der Waals surface area contributed by atoms with E-state index >= 15 is 0 Å². The molecular formula is C18H22N2O4. The lowest BCUT2D eigenvalue weighted by molar-refractivity contribution is 0.170. The highest BCUT2D eigenvalue weighted by Crippen LogP contribution is 2.29. The number of aliphatic hydroxyl groups is 1. The van der Waals surface area contributed by atoms with Crippen molar-refractivity contribution in [3.05, 3.63) is 53.6 Å². The Bertz CT molecular complexity index is 686.